The maximum absolute atomic E-state index is 14.5. The largest absolute Gasteiger partial charge is 0.465 e. The Labute approximate surface area is 157 Å². The van der Waals surface area contributed by atoms with Crippen molar-refractivity contribution in [3.05, 3.63) is 77.1 Å². The first-order chi connectivity index (χ1) is 13.4. The van der Waals surface area contributed by atoms with Crippen molar-refractivity contribution in [1.29, 1.82) is 0 Å². The van der Waals surface area contributed by atoms with Crippen LogP contribution in [-0.4, -0.2) is 13.1 Å². The van der Waals surface area contributed by atoms with Gasteiger partial charge in [-0.1, -0.05) is 12.1 Å². The standard InChI is InChI=1S/C20H10F5O2S/c1-27-20(26)9-6-7-13-11(8-9)10-4-2-3-5-12(10)28(13)19-17(24)15(22)14(21)16(23)18(19)25/h2-8H,1H3/q+1. The van der Waals surface area contributed by atoms with E-state index in [9.17, 15) is 26.7 Å². The molecule has 1 heterocycles. The molecule has 0 aliphatic rings. The molecular formula is C20H10F5O2S+. The van der Waals surface area contributed by atoms with Crippen molar-refractivity contribution in [2.75, 3.05) is 7.11 Å². The highest BCUT2D eigenvalue weighted by atomic mass is 32.2. The van der Waals surface area contributed by atoms with Crippen molar-refractivity contribution < 1.29 is 31.5 Å². The lowest BCUT2D eigenvalue weighted by Gasteiger charge is -2.02. The lowest BCUT2D eigenvalue weighted by atomic mass is 10.1. The van der Waals surface area contributed by atoms with Gasteiger partial charge in [0.2, 0.25) is 29.1 Å². The van der Waals surface area contributed by atoms with Crippen LogP contribution >= 0.6 is 10.5 Å². The zero-order valence-corrected chi connectivity index (χ0v) is 15.0. The minimum Gasteiger partial charge on any atom is -0.465 e. The molecule has 4 aromatic rings. The molecule has 0 bridgehead atoms. The third-order valence-electron chi connectivity index (χ3n) is 4.39. The van der Waals surface area contributed by atoms with Crippen molar-refractivity contribution in [1.82, 2.24) is 0 Å². The molecule has 0 saturated heterocycles. The molecule has 28 heavy (non-hydrogen) atoms. The van der Waals surface area contributed by atoms with Gasteiger partial charge in [0.05, 0.1) is 12.7 Å². The summed E-state index contributed by atoms with van der Waals surface area (Å²) in [6.07, 6.45) is 0. The van der Waals surface area contributed by atoms with E-state index in [1.165, 1.54) is 25.3 Å². The van der Waals surface area contributed by atoms with E-state index in [1.54, 1.807) is 24.3 Å². The van der Waals surface area contributed by atoms with E-state index < -0.39 is 50.4 Å². The Morgan fingerprint density at radius 1 is 0.786 bits per heavy atom. The van der Waals surface area contributed by atoms with E-state index in [-0.39, 0.29) is 5.56 Å². The quantitative estimate of drug-likeness (QED) is 0.129. The van der Waals surface area contributed by atoms with Crippen molar-refractivity contribution in [2.45, 2.75) is 0 Å². The van der Waals surface area contributed by atoms with E-state index in [2.05, 4.69) is 4.74 Å². The number of rotatable bonds is 2. The van der Waals surface area contributed by atoms with Crippen LogP contribution in [-0.2, 0) is 4.74 Å². The molecule has 0 radical (unpaired) electrons. The molecule has 0 aliphatic carbocycles. The number of hydrogen-bond donors (Lipinski definition) is 0. The summed E-state index contributed by atoms with van der Waals surface area (Å²) in [4.78, 5) is 10.9. The molecular weight excluding hydrogens is 399 g/mol. The summed E-state index contributed by atoms with van der Waals surface area (Å²) < 4.78 is 75.6. The van der Waals surface area contributed by atoms with Crippen molar-refractivity contribution >= 4 is 36.6 Å². The zero-order chi connectivity index (χ0) is 20.2. The first-order valence-electron chi connectivity index (χ1n) is 7.94. The Morgan fingerprint density at radius 3 is 2.00 bits per heavy atom. The lowest BCUT2D eigenvalue weighted by molar-refractivity contribution is 0.0601. The van der Waals surface area contributed by atoms with E-state index in [0.717, 1.165) is 0 Å². The molecule has 0 N–H and O–H groups in total. The first kappa shape index (κ1) is 18.4. The highest BCUT2D eigenvalue weighted by molar-refractivity contribution is 7.50. The fraction of sp³-hybridized carbons (Fsp3) is 0.0500. The summed E-state index contributed by atoms with van der Waals surface area (Å²) in [7, 11) is -0.354. The Balaban J connectivity index is 2.18. The Hall–Kier alpha value is -3.00. The summed E-state index contributed by atoms with van der Waals surface area (Å²) >= 11 is 0. The number of halogens is 5. The molecule has 142 valence electrons. The fourth-order valence-electron chi connectivity index (χ4n) is 3.13. The van der Waals surface area contributed by atoms with Gasteiger partial charge in [0, 0.05) is 21.2 Å². The van der Waals surface area contributed by atoms with E-state index in [1.807, 2.05) is 0 Å². The van der Waals surface area contributed by atoms with Crippen LogP contribution < -0.4 is 0 Å². The highest BCUT2D eigenvalue weighted by Crippen LogP contribution is 2.51. The molecule has 0 saturated carbocycles. The Bertz CT molecular complexity index is 1250. The fourth-order valence-corrected chi connectivity index (χ4v) is 5.55. The predicted octanol–water partition coefficient (Wildman–Crippen LogP) is 6.21. The minimum atomic E-state index is -2.20. The first-order valence-corrected chi connectivity index (χ1v) is 9.16. The van der Waals surface area contributed by atoms with Crippen molar-refractivity contribution in [3.8, 4) is 4.90 Å². The number of hydrogen-bond acceptors (Lipinski definition) is 2. The summed E-state index contributed by atoms with van der Waals surface area (Å²) in [5.74, 6) is -10.5. The predicted molar refractivity (Wildman–Crippen MR) is 96.4 cm³/mol. The molecule has 1 atom stereocenters. The molecule has 8 heteroatoms. The number of fused-ring (bicyclic) bond motifs is 3. The van der Waals surface area contributed by atoms with Gasteiger partial charge >= 0.3 is 5.97 Å². The number of carbonyl (C=O) groups excluding carboxylic acids is 1. The molecule has 0 amide bonds. The van der Waals surface area contributed by atoms with Crippen LogP contribution in [0.3, 0.4) is 0 Å². The number of thiophene rings is 1. The molecule has 0 spiro atoms. The van der Waals surface area contributed by atoms with Crippen LogP contribution in [0.1, 0.15) is 10.4 Å². The van der Waals surface area contributed by atoms with Gasteiger partial charge in [0.25, 0.3) is 4.90 Å². The van der Waals surface area contributed by atoms with Gasteiger partial charge in [-0.25, -0.2) is 18.0 Å². The number of carbonyl (C=O) groups is 1. The third-order valence-corrected chi connectivity index (χ3v) is 6.75. The normalized spacial score (nSPS) is 12.0. The summed E-state index contributed by atoms with van der Waals surface area (Å²) in [5, 5.41) is 1.03. The van der Waals surface area contributed by atoms with Gasteiger partial charge < -0.3 is 4.74 Å². The van der Waals surface area contributed by atoms with Gasteiger partial charge in [-0.15, -0.1) is 0 Å². The number of ether oxygens (including phenoxy) is 1. The van der Waals surface area contributed by atoms with E-state index in [0.29, 0.717) is 20.2 Å². The van der Waals surface area contributed by atoms with Gasteiger partial charge in [-0.3, -0.25) is 0 Å². The average Bonchev–Trinajstić information content (AvgIpc) is 3.04. The summed E-state index contributed by atoms with van der Waals surface area (Å²) in [5.41, 5.74) is 0.207. The molecule has 1 aromatic heterocycles. The summed E-state index contributed by atoms with van der Waals surface area (Å²) in [6.45, 7) is 0. The minimum absolute atomic E-state index is 0.207. The smallest absolute Gasteiger partial charge is 0.337 e. The summed E-state index contributed by atoms with van der Waals surface area (Å²) in [6, 6.07) is 10.8. The van der Waals surface area contributed by atoms with E-state index >= 15 is 0 Å². The molecule has 0 aliphatic heterocycles. The molecule has 4 rings (SSSR count). The van der Waals surface area contributed by atoms with Crippen molar-refractivity contribution in [2.24, 2.45) is 0 Å². The van der Waals surface area contributed by atoms with Crippen LogP contribution in [0.15, 0.2) is 42.5 Å². The van der Waals surface area contributed by atoms with Crippen LogP contribution in [0.25, 0.3) is 25.1 Å². The topological polar surface area (TPSA) is 26.3 Å². The highest BCUT2D eigenvalue weighted by Gasteiger charge is 2.36. The zero-order valence-electron chi connectivity index (χ0n) is 14.2. The average molecular weight is 409 g/mol. The van der Waals surface area contributed by atoms with E-state index in [4.69, 9.17) is 0 Å². The van der Waals surface area contributed by atoms with Crippen LogP contribution in [0.2, 0.25) is 0 Å². The molecule has 3 aromatic carbocycles. The Kier molecular flexibility index (Phi) is 4.30. The monoisotopic (exact) mass is 409 g/mol. The molecule has 2 nitrogen and oxygen atoms in total. The maximum Gasteiger partial charge on any atom is 0.337 e. The number of esters is 1. The van der Waals surface area contributed by atoms with Gasteiger partial charge in [0.15, 0.2) is 9.40 Å². The second-order valence-electron chi connectivity index (χ2n) is 5.90. The van der Waals surface area contributed by atoms with Gasteiger partial charge in [-0.2, -0.15) is 8.78 Å². The lowest BCUT2D eigenvalue weighted by Crippen LogP contribution is -2.02. The third kappa shape index (κ3) is 2.48. The SMILES string of the molecule is COC(=O)c1ccc2c(c1)c1ccccc1[s+]2-c1c(F)c(F)c(F)c(F)c1F. The molecule has 1 unspecified atom stereocenters. The Morgan fingerprint density at radius 2 is 1.36 bits per heavy atom. The van der Waals surface area contributed by atoms with Crippen LogP contribution in [0, 0.1) is 29.1 Å². The number of methoxy groups -OCH3 is 1. The van der Waals surface area contributed by atoms with Gasteiger partial charge in [0.1, 0.15) is 0 Å². The molecule has 0 fully saturated rings. The maximum atomic E-state index is 14.5. The van der Waals surface area contributed by atoms with Crippen LogP contribution in [0.5, 0.6) is 0 Å². The second kappa shape index (κ2) is 6.56. The van der Waals surface area contributed by atoms with Crippen molar-refractivity contribution in [3.63, 3.8) is 0 Å². The second-order valence-corrected chi connectivity index (χ2v) is 7.80. The number of benzene rings is 3. The van der Waals surface area contributed by atoms with Gasteiger partial charge in [-0.05, 0) is 30.3 Å². The van der Waals surface area contributed by atoms with Crippen LogP contribution in [0.4, 0.5) is 22.0 Å².